The smallest absolute Gasteiger partial charge is 0.413 e. The summed E-state index contributed by atoms with van der Waals surface area (Å²) >= 11 is 0. The van der Waals surface area contributed by atoms with Crippen molar-refractivity contribution >= 4 is 12.1 Å². The number of aliphatic hydroxyl groups excluding tert-OH is 1. The number of likely N-dealkylation sites (tertiary alicyclic amines) is 1. The van der Waals surface area contributed by atoms with Crippen molar-refractivity contribution in [1.82, 2.24) is 4.90 Å². The Morgan fingerprint density at radius 2 is 1.88 bits per heavy atom. The second kappa shape index (κ2) is 4.29. The van der Waals surface area contributed by atoms with Gasteiger partial charge >= 0.3 is 12.1 Å². The highest BCUT2D eigenvalue weighted by molar-refractivity contribution is 5.81. The quantitative estimate of drug-likeness (QED) is 0.696. The minimum atomic E-state index is -1.12. The van der Waals surface area contributed by atoms with E-state index in [4.69, 9.17) is 9.84 Å². The molecule has 0 aliphatic carbocycles. The Balaban J connectivity index is 2.76. The number of carboxylic acids is 1. The lowest BCUT2D eigenvalue weighted by Crippen LogP contribution is -2.47. The third-order valence-corrected chi connectivity index (χ3v) is 2.24. The standard InChI is InChI=1S/C10H17NO5/c1-10(2,3)16-9(15)11-6(8(13)14)4-5-7(11)12/h6-7,12H,4-5H2,1-3H3,(H,13,14)/t6-,7?/m0/s1. The maximum atomic E-state index is 11.7. The van der Waals surface area contributed by atoms with E-state index in [1.54, 1.807) is 20.8 Å². The number of amides is 1. The van der Waals surface area contributed by atoms with Crippen LogP contribution in [0.2, 0.25) is 0 Å². The molecule has 6 heteroatoms. The Kier molecular flexibility index (Phi) is 3.42. The van der Waals surface area contributed by atoms with Gasteiger partial charge < -0.3 is 14.9 Å². The van der Waals surface area contributed by atoms with Gasteiger partial charge in [0.15, 0.2) is 0 Å². The first-order valence-electron chi connectivity index (χ1n) is 5.14. The van der Waals surface area contributed by atoms with Gasteiger partial charge in [-0.1, -0.05) is 0 Å². The molecule has 92 valence electrons. The monoisotopic (exact) mass is 231 g/mol. The predicted octanol–water partition coefficient (Wildman–Crippen LogP) is 0.789. The molecule has 0 radical (unpaired) electrons. The molecule has 1 unspecified atom stereocenters. The van der Waals surface area contributed by atoms with E-state index in [0.29, 0.717) is 0 Å². The van der Waals surface area contributed by atoms with Gasteiger partial charge in [-0.25, -0.2) is 9.59 Å². The molecule has 1 fully saturated rings. The number of carbonyl (C=O) groups is 2. The average Bonchev–Trinajstić information content (AvgIpc) is 2.43. The van der Waals surface area contributed by atoms with Crippen LogP contribution < -0.4 is 0 Å². The molecule has 1 aliphatic heterocycles. The van der Waals surface area contributed by atoms with Gasteiger partial charge in [0.1, 0.15) is 17.9 Å². The minimum Gasteiger partial charge on any atom is -0.480 e. The van der Waals surface area contributed by atoms with Gasteiger partial charge in [-0.3, -0.25) is 4.90 Å². The molecule has 2 N–H and O–H groups in total. The maximum Gasteiger partial charge on any atom is 0.413 e. The molecular formula is C10H17NO5. The van der Waals surface area contributed by atoms with E-state index in [1.165, 1.54) is 0 Å². The Bertz CT molecular complexity index is 296. The number of aliphatic hydroxyl groups is 1. The van der Waals surface area contributed by atoms with Crippen LogP contribution in [0.1, 0.15) is 33.6 Å². The summed E-state index contributed by atoms with van der Waals surface area (Å²) in [5.41, 5.74) is -0.706. The van der Waals surface area contributed by atoms with E-state index in [-0.39, 0.29) is 12.8 Å². The fourth-order valence-corrected chi connectivity index (χ4v) is 1.60. The number of nitrogens with zero attached hydrogens (tertiary/aromatic N) is 1. The lowest BCUT2D eigenvalue weighted by molar-refractivity contribution is -0.144. The zero-order valence-electron chi connectivity index (χ0n) is 9.64. The van der Waals surface area contributed by atoms with Crippen molar-refractivity contribution in [2.75, 3.05) is 0 Å². The van der Waals surface area contributed by atoms with E-state index in [2.05, 4.69) is 0 Å². The van der Waals surface area contributed by atoms with Crippen molar-refractivity contribution in [1.29, 1.82) is 0 Å². The summed E-state index contributed by atoms with van der Waals surface area (Å²) in [5, 5.41) is 18.4. The molecule has 0 saturated carbocycles. The summed E-state index contributed by atoms with van der Waals surface area (Å²) in [7, 11) is 0. The van der Waals surface area contributed by atoms with Crippen molar-refractivity contribution in [3.63, 3.8) is 0 Å². The van der Waals surface area contributed by atoms with Gasteiger partial charge in [-0.2, -0.15) is 0 Å². The van der Waals surface area contributed by atoms with E-state index in [9.17, 15) is 14.7 Å². The fraction of sp³-hybridized carbons (Fsp3) is 0.800. The summed E-state index contributed by atoms with van der Waals surface area (Å²) < 4.78 is 5.04. The maximum absolute atomic E-state index is 11.7. The summed E-state index contributed by atoms with van der Waals surface area (Å²) in [4.78, 5) is 23.4. The molecule has 1 amide bonds. The average molecular weight is 231 g/mol. The van der Waals surface area contributed by atoms with Gasteiger partial charge in [0.05, 0.1) is 0 Å². The third-order valence-electron chi connectivity index (χ3n) is 2.24. The van der Waals surface area contributed by atoms with Crippen LogP contribution >= 0.6 is 0 Å². The van der Waals surface area contributed by atoms with Gasteiger partial charge in [0, 0.05) is 0 Å². The highest BCUT2D eigenvalue weighted by atomic mass is 16.6. The zero-order valence-corrected chi connectivity index (χ0v) is 9.64. The molecule has 0 aromatic carbocycles. The predicted molar refractivity (Wildman–Crippen MR) is 54.7 cm³/mol. The number of hydrogen-bond acceptors (Lipinski definition) is 4. The van der Waals surface area contributed by atoms with E-state index in [1.807, 2.05) is 0 Å². The molecule has 1 saturated heterocycles. The highest BCUT2D eigenvalue weighted by Crippen LogP contribution is 2.25. The zero-order chi connectivity index (χ0) is 12.5. The van der Waals surface area contributed by atoms with Gasteiger partial charge in [0.2, 0.25) is 0 Å². The molecule has 1 rings (SSSR count). The van der Waals surface area contributed by atoms with Crippen LogP contribution in [0, 0.1) is 0 Å². The molecule has 0 aromatic heterocycles. The number of aliphatic carboxylic acids is 1. The molecular weight excluding hydrogens is 214 g/mol. The second-order valence-corrected chi connectivity index (χ2v) is 4.80. The number of rotatable bonds is 1. The highest BCUT2D eigenvalue weighted by Gasteiger charge is 2.42. The van der Waals surface area contributed by atoms with Crippen LogP contribution in [0.25, 0.3) is 0 Å². The number of carbonyl (C=O) groups excluding carboxylic acids is 1. The first-order chi connectivity index (χ1) is 7.22. The molecule has 1 heterocycles. The second-order valence-electron chi connectivity index (χ2n) is 4.80. The lowest BCUT2D eigenvalue weighted by Gasteiger charge is -2.28. The first kappa shape index (κ1) is 12.8. The number of hydrogen-bond donors (Lipinski definition) is 2. The molecule has 16 heavy (non-hydrogen) atoms. The minimum absolute atomic E-state index is 0.246. The van der Waals surface area contributed by atoms with Crippen LogP contribution in [0.3, 0.4) is 0 Å². The topological polar surface area (TPSA) is 87.1 Å². The fourth-order valence-electron chi connectivity index (χ4n) is 1.60. The van der Waals surface area contributed by atoms with E-state index < -0.39 is 29.9 Å². The van der Waals surface area contributed by atoms with Crippen LogP contribution in [0.4, 0.5) is 4.79 Å². The Morgan fingerprint density at radius 3 is 2.31 bits per heavy atom. The largest absolute Gasteiger partial charge is 0.480 e. The molecule has 0 spiro atoms. The van der Waals surface area contributed by atoms with E-state index in [0.717, 1.165) is 4.90 Å². The molecule has 1 aliphatic rings. The van der Waals surface area contributed by atoms with Gasteiger partial charge in [0.25, 0.3) is 0 Å². The summed E-state index contributed by atoms with van der Waals surface area (Å²) in [6, 6.07) is -0.996. The summed E-state index contributed by atoms with van der Waals surface area (Å²) in [6.45, 7) is 5.05. The molecule has 0 bridgehead atoms. The van der Waals surface area contributed by atoms with Crippen LogP contribution in [-0.2, 0) is 9.53 Å². The first-order valence-corrected chi connectivity index (χ1v) is 5.14. The summed E-state index contributed by atoms with van der Waals surface area (Å²) in [6.07, 6.45) is -1.35. The Labute approximate surface area is 93.8 Å². The van der Waals surface area contributed by atoms with Crippen LogP contribution in [0.5, 0.6) is 0 Å². The van der Waals surface area contributed by atoms with Crippen LogP contribution in [-0.4, -0.2) is 45.0 Å². The van der Waals surface area contributed by atoms with Crippen molar-refractivity contribution in [3.05, 3.63) is 0 Å². The van der Waals surface area contributed by atoms with Gasteiger partial charge in [-0.15, -0.1) is 0 Å². The number of carboxylic acid groups (broad SMARTS) is 1. The van der Waals surface area contributed by atoms with Crippen molar-refractivity contribution < 1.29 is 24.5 Å². The molecule has 2 atom stereocenters. The van der Waals surface area contributed by atoms with Crippen molar-refractivity contribution in [2.45, 2.75) is 51.5 Å². The number of ether oxygens (including phenoxy) is 1. The Hall–Kier alpha value is -1.30. The van der Waals surface area contributed by atoms with E-state index >= 15 is 0 Å². The van der Waals surface area contributed by atoms with Crippen molar-refractivity contribution in [3.8, 4) is 0 Å². The van der Waals surface area contributed by atoms with Gasteiger partial charge in [-0.05, 0) is 33.6 Å². The van der Waals surface area contributed by atoms with Crippen LogP contribution in [0.15, 0.2) is 0 Å². The SMILES string of the molecule is CC(C)(C)OC(=O)N1C(O)CC[C@H]1C(=O)O. The molecule has 6 nitrogen and oxygen atoms in total. The summed E-state index contributed by atoms with van der Waals surface area (Å²) in [5.74, 6) is -1.12. The Morgan fingerprint density at radius 1 is 1.31 bits per heavy atom. The van der Waals surface area contributed by atoms with Crippen molar-refractivity contribution in [2.24, 2.45) is 0 Å². The lowest BCUT2D eigenvalue weighted by atomic mass is 10.2. The normalized spacial score (nSPS) is 25.6. The third kappa shape index (κ3) is 2.85. The molecule has 0 aromatic rings.